The highest BCUT2D eigenvalue weighted by Gasteiger charge is 2.37. The molecule has 16 heteroatoms. The van der Waals surface area contributed by atoms with Gasteiger partial charge in [-0.3, -0.25) is 9.59 Å². The Morgan fingerprint density at radius 1 is 1.02 bits per heavy atom. The molecule has 2 aliphatic rings. The quantitative estimate of drug-likeness (QED) is 0.147. The first-order valence-electron chi connectivity index (χ1n) is 15.7. The molecule has 2 aromatic rings. The fourth-order valence-corrected chi connectivity index (χ4v) is 5.66. The summed E-state index contributed by atoms with van der Waals surface area (Å²) >= 11 is 0. The van der Waals surface area contributed by atoms with E-state index in [1.54, 1.807) is 18.7 Å². The Labute approximate surface area is 277 Å². The number of imide groups is 1. The standard InChI is InChI=1S/C26H27F3N2O9S.C4H10.C2H7N/c1-25(2)13-15(14-41(36,37)38)16-10-17-18(26(27,28)29)11-24(35)39-20(17)12-19(16)30(25)9-5-3-4-6-23(34)40-31-21(32)7-8-22(31)33;1-3-4-2;1-2-3/h10-13H,3-9,14H2,1-2H3,(H,36,37,38);3-4H2,1-2H3;2-3H2,1H3/p-1. The predicted octanol–water partition coefficient (Wildman–Crippen LogP) is 5.28. The Morgan fingerprint density at radius 2 is 1.60 bits per heavy atom. The lowest BCUT2D eigenvalue weighted by molar-refractivity contribution is -0.197. The van der Waals surface area contributed by atoms with Crippen molar-refractivity contribution in [2.75, 3.05) is 23.7 Å². The Bertz CT molecular complexity index is 1650. The van der Waals surface area contributed by atoms with Crippen LogP contribution in [0, 0.1) is 0 Å². The van der Waals surface area contributed by atoms with Gasteiger partial charge in [0.1, 0.15) is 5.58 Å². The molecular formula is C32H43F3N3O9S-. The summed E-state index contributed by atoms with van der Waals surface area (Å²) in [7, 11) is -4.80. The summed E-state index contributed by atoms with van der Waals surface area (Å²) in [6, 6.07) is 2.62. The summed E-state index contributed by atoms with van der Waals surface area (Å²) in [6.45, 7) is 10.8. The van der Waals surface area contributed by atoms with Gasteiger partial charge in [0.15, 0.2) is 0 Å². The average Bonchev–Trinajstić information content (AvgIpc) is 3.28. The van der Waals surface area contributed by atoms with E-state index in [0.717, 1.165) is 12.6 Å². The molecule has 0 atom stereocenters. The lowest BCUT2D eigenvalue weighted by atomic mass is 9.87. The van der Waals surface area contributed by atoms with Gasteiger partial charge in [0.25, 0.3) is 11.8 Å². The summed E-state index contributed by atoms with van der Waals surface area (Å²) in [6.07, 6.45) is 0.409. The molecule has 1 saturated heterocycles. The van der Waals surface area contributed by atoms with Gasteiger partial charge >= 0.3 is 17.8 Å². The van der Waals surface area contributed by atoms with Crippen LogP contribution in [0.1, 0.15) is 97.1 Å². The molecule has 12 nitrogen and oxygen atoms in total. The second kappa shape index (κ2) is 17.1. The van der Waals surface area contributed by atoms with Crippen LogP contribution in [0.3, 0.4) is 0 Å². The highest BCUT2D eigenvalue weighted by Crippen LogP contribution is 2.44. The van der Waals surface area contributed by atoms with Crippen molar-refractivity contribution in [3.8, 4) is 0 Å². The molecule has 0 saturated carbocycles. The number of carbonyl (C=O) groups excluding carboxylic acids is 3. The van der Waals surface area contributed by atoms with Crippen LogP contribution in [0.5, 0.6) is 0 Å². The third-order valence-electron chi connectivity index (χ3n) is 7.32. The number of alkyl halides is 3. The Balaban J connectivity index is 0.00000105. The predicted molar refractivity (Wildman–Crippen MR) is 172 cm³/mol. The molecule has 268 valence electrons. The van der Waals surface area contributed by atoms with E-state index in [4.69, 9.17) is 15.0 Å². The van der Waals surface area contributed by atoms with Gasteiger partial charge in [-0.25, -0.2) is 18.0 Å². The number of hydrogen-bond donors (Lipinski definition) is 1. The van der Waals surface area contributed by atoms with Crippen molar-refractivity contribution in [1.29, 1.82) is 0 Å². The molecule has 2 N–H and O–H groups in total. The minimum Gasteiger partial charge on any atom is -0.748 e. The van der Waals surface area contributed by atoms with Gasteiger partial charge in [-0.05, 0) is 44.9 Å². The molecule has 0 radical (unpaired) electrons. The van der Waals surface area contributed by atoms with E-state index in [0.29, 0.717) is 36.9 Å². The maximum absolute atomic E-state index is 13.7. The summed E-state index contributed by atoms with van der Waals surface area (Å²) in [5.41, 5.74) is 1.49. The molecule has 3 heterocycles. The van der Waals surface area contributed by atoms with E-state index in [-0.39, 0.29) is 41.7 Å². The number of nitrogens with two attached hydrogens (primary N) is 1. The van der Waals surface area contributed by atoms with Crippen LogP contribution in [0.4, 0.5) is 18.9 Å². The maximum Gasteiger partial charge on any atom is 0.417 e. The largest absolute Gasteiger partial charge is 0.748 e. The number of amides is 2. The molecule has 0 aliphatic carbocycles. The summed E-state index contributed by atoms with van der Waals surface area (Å²) in [5, 5.41) is 0.00668. The zero-order chi connectivity index (χ0) is 36.4. The molecule has 48 heavy (non-hydrogen) atoms. The number of hydroxylamine groups is 2. The van der Waals surface area contributed by atoms with Gasteiger partial charge < -0.3 is 24.4 Å². The van der Waals surface area contributed by atoms with Crippen molar-refractivity contribution in [2.45, 2.75) is 97.7 Å². The van der Waals surface area contributed by atoms with Crippen molar-refractivity contribution in [3.63, 3.8) is 0 Å². The number of unbranched alkanes of at least 4 members (excludes halogenated alkanes) is 3. The zero-order valence-electron chi connectivity index (χ0n) is 27.8. The topological polar surface area (TPSA) is 180 Å². The third-order valence-corrected chi connectivity index (χ3v) is 7.98. The van der Waals surface area contributed by atoms with Crippen molar-refractivity contribution in [3.05, 3.63) is 45.8 Å². The second-order valence-electron chi connectivity index (χ2n) is 11.8. The number of anilines is 1. The maximum atomic E-state index is 13.7. The molecule has 1 aromatic carbocycles. The molecule has 4 rings (SSSR count). The number of rotatable bonds is 10. The molecule has 1 aromatic heterocycles. The third kappa shape index (κ3) is 11.2. The fraction of sp³-hybridized carbons (Fsp3) is 0.562. The average molecular weight is 703 g/mol. The van der Waals surface area contributed by atoms with E-state index < -0.39 is 61.9 Å². The van der Waals surface area contributed by atoms with Crippen LogP contribution >= 0.6 is 0 Å². The highest BCUT2D eigenvalue weighted by atomic mass is 32.2. The van der Waals surface area contributed by atoms with Crippen LogP contribution in [-0.2, 0) is 35.5 Å². The molecule has 2 aliphatic heterocycles. The minimum atomic E-state index is -4.90. The van der Waals surface area contributed by atoms with Gasteiger partial charge in [0.2, 0.25) is 0 Å². The van der Waals surface area contributed by atoms with Gasteiger partial charge in [-0.2, -0.15) is 13.2 Å². The smallest absolute Gasteiger partial charge is 0.417 e. The van der Waals surface area contributed by atoms with E-state index >= 15 is 0 Å². The second-order valence-corrected chi connectivity index (χ2v) is 13.2. The van der Waals surface area contributed by atoms with E-state index in [9.17, 15) is 45.3 Å². The molecule has 0 spiro atoms. The first kappa shape index (κ1) is 40.4. The molecule has 1 fully saturated rings. The summed E-state index contributed by atoms with van der Waals surface area (Å²) in [4.78, 5) is 53.8. The van der Waals surface area contributed by atoms with Crippen LogP contribution in [-0.4, -0.2) is 60.2 Å². The number of fused-ring (bicyclic) bond motifs is 2. The van der Waals surface area contributed by atoms with Gasteiger partial charge in [0, 0.05) is 54.6 Å². The minimum absolute atomic E-state index is 0.0197. The highest BCUT2D eigenvalue weighted by molar-refractivity contribution is 7.86. The number of hydrogen-bond acceptors (Lipinski definition) is 11. The molecule has 2 amide bonds. The number of carbonyl (C=O) groups is 3. The lowest BCUT2D eigenvalue weighted by Gasteiger charge is -2.44. The van der Waals surface area contributed by atoms with Crippen LogP contribution in [0.2, 0.25) is 0 Å². The Kier molecular flexibility index (Phi) is 14.4. The van der Waals surface area contributed by atoms with Gasteiger partial charge in [0.05, 0.1) is 27.0 Å². The van der Waals surface area contributed by atoms with Crippen molar-refractivity contribution in [1.82, 2.24) is 5.06 Å². The van der Waals surface area contributed by atoms with E-state index in [2.05, 4.69) is 13.8 Å². The Morgan fingerprint density at radius 3 is 2.12 bits per heavy atom. The van der Waals surface area contributed by atoms with Gasteiger partial charge in [-0.15, -0.1) is 5.06 Å². The number of nitrogens with zero attached hydrogens (tertiary/aromatic N) is 2. The first-order valence-corrected chi connectivity index (χ1v) is 17.3. The van der Waals surface area contributed by atoms with E-state index in [1.165, 1.54) is 25.0 Å². The monoisotopic (exact) mass is 702 g/mol. The SMILES string of the molecule is CC1(C)C=C(CS(=O)(=O)[O-])c2cc3c(C(F)(F)F)cc(=O)oc3cc2N1CCCCCC(=O)ON1C(=O)CCC1=O.CCCC.CCN. The number of benzene rings is 1. The summed E-state index contributed by atoms with van der Waals surface area (Å²) in [5.74, 6) is -2.87. The zero-order valence-corrected chi connectivity index (χ0v) is 28.6. The van der Waals surface area contributed by atoms with Crippen LogP contribution in [0.15, 0.2) is 33.5 Å². The van der Waals surface area contributed by atoms with Gasteiger partial charge in [-0.1, -0.05) is 46.1 Å². The number of halogens is 3. The van der Waals surface area contributed by atoms with Crippen LogP contribution in [0.25, 0.3) is 16.5 Å². The molecule has 0 bridgehead atoms. The first-order chi connectivity index (χ1) is 22.3. The van der Waals surface area contributed by atoms with E-state index in [1.807, 2.05) is 6.92 Å². The lowest BCUT2D eigenvalue weighted by Crippen LogP contribution is -2.46. The van der Waals surface area contributed by atoms with Crippen molar-refractivity contribution >= 4 is 50.1 Å². The normalized spacial score (nSPS) is 15.7. The summed E-state index contributed by atoms with van der Waals surface area (Å²) < 4.78 is 81.2. The fourth-order valence-electron chi connectivity index (χ4n) is 5.04. The van der Waals surface area contributed by atoms with Crippen molar-refractivity contribution < 1.29 is 49.8 Å². The Hall–Kier alpha value is -3.76. The molecule has 0 unspecified atom stereocenters. The van der Waals surface area contributed by atoms with Crippen molar-refractivity contribution in [2.24, 2.45) is 5.73 Å². The molecular weight excluding hydrogens is 659 g/mol. The van der Waals surface area contributed by atoms with Crippen LogP contribution < -0.4 is 16.3 Å².